The summed E-state index contributed by atoms with van der Waals surface area (Å²) in [7, 11) is 0. The van der Waals surface area contributed by atoms with E-state index in [1.54, 1.807) is 0 Å². The second-order valence-electron chi connectivity index (χ2n) is 4.73. The number of aliphatic carboxylic acids is 1. The molecule has 18 heavy (non-hydrogen) atoms. The molecule has 0 fully saturated rings. The summed E-state index contributed by atoms with van der Waals surface area (Å²) in [6.45, 7) is 4.89. The largest absolute Gasteiger partial charge is 0.480 e. The summed E-state index contributed by atoms with van der Waals surface area (Å²) in [5.41, 5.74) is 5.61. The van der Waals surface area contributed by atoms with Crippen molar-refractivity contribution in [3.05, 3.63) is 0 Å². The molecule has 0 aromatic heterocycles. The summed E-state index contributed by atoms with van der Waals surface area (Å²) >= 11 is 0. The van der Waals surface area contributed by atoms with Gasteiger partial charge in [-0.2, -0.15) is 0 Å². The van der Waals surface area contributed by atoms with E-state index < -0.39 is 5.97 Å². The number of rotatable bonds is 10. The Morgan fingerprint density at radius 3 is 2.56 bits per heavy atom. The molecule has 6 heteroatoms. The topological polar surface area (TPSA) is 102 Å². The second kappa shape index (κ2) is 9.85. The Morgan fingerprint density at radius 1 is 1.39 bits per heavy atom. The van der Waals surface area contributed by atoms with Gasteiger partial charge >= 0.3 is 5.97 Å². The zero-order valence-corrected chi connectivity index (χ0v) is 11.1. The monoisotopic (exact) mass is 260 g/mol. The lowest BCUT2D eigenvalue weighted by molar-refractivity contribution is -0.142. The van der Waals surface area contributed by atoms with E-state index >= 15 is 0 Å². The molecule has 0 aliphatic rings. The fourth-order valence-electron chi connectivity index (χ4n) is 1.69. The van der Waals surface area contributed by atoms with Crippen LogP contribution in [-0.2, 0) is 14.3 Å². The molecule has 4 N–H and O–H groups in total. The van der Waals surface area contributed by atoms with Crippen LogP contribution in [0.1, 0.15) is 26.7 Å². The Labute approximate surface area is 108 Å². The van der Waals surface area contributed by atoms with E-state index in [0.717, 1.165) is 6.42 Å². The van der Waals surface area contributed by atoms with E-state index in [1.165, 1.54) is 0 Å². The van der Waals surface area contributed by atoms with Crippen molar-refractivity contribution >= 4 is 11.9 Å². The molecule has 0 aromatic rings. The predicted molar refractivity (Wildman–Crippen MR) is 68.1 cm³/mol. The molecule has 6 nitrogen and oxygen atoms in total. The maximum Gasteiger partial charge on any atom is 0.329 e. The molecule has 106 valence electrons. The molecule has 0 aromatic carbocycles. The predicted octanol–water partition coefficient (Wildman–Crippen LogP) is 0.215. The van der Waals surface area contributed by atoms with Crippen LogP contribution in [0.4, 0.5) is 0 Å². The SMILES string of the molecule is CC(C)CC(CN)CC(=O)NCCOCC(=O)O. The smallest absolute Gasteiger partial charge is 0.329 e. The molecule has 1 amide bonds. The van der Waals surface area contributed by atoms with Crippen molar-refractivity contribution in [3.8, 4) is 0 Å². The number of amides is 1. The molecular weight excluding hydrogens is 236 g/mol. The van der Waals surface area contributed by atoms with Crippen molar-refractivity contribution in [2.75, 3.05) is 26.3 Å². The van der Waals surface area contributed by atoms with Gasteiger partial charge in [0, 0.05) is 13.0 Å². The fraction of sp³-hybridized carbons (Fsp3) is 0.833. The highest BCUT2D eigenvalue weighted by molar-refractivity contribution is 5.76. The van der Waals surface area contributed by atoms with Crippen molar-refractivity contribution in [3.63, 3.8) is 0 Å². The maximum absolute atomic E-state index is 11.6. The van der Waals surface area contributed by atoms with Gasteiger partial charge in [0.2, 0.25) is 5.91 Å². The van der Waals surface area contributed by atoms with Crippen molar-refractivity contribution in [1.82, 2.24) is 5.32 Å². The number of hydrogen-bond donors (Lipinski definition) is 3. The van der Waals surface area contributed by atoms with E-state index in [9.17, 15) is 9.59 Å². The number of hydrogen-bond acceptors (Lipinski definition) is 4. The summed E-state index contributed by atoms with van der Waals surface area (Å²) in [5, 5.41) is 11.0. The minimum Gasteiger partial charge on any atom is -0.480 e. The van der Waals surface area contributed by atoms with Gasteiger partial charge in [-0.3, -0.25) is 4.79 Å². The van der Waals surface area contributed by atoms with Crippen molar-refractivity contribution in [2.24, 2.45) is 17.6 Å². The van der Waals surface area contributed by atoms with Crippen LogP contribution in [0, 0.1) is 11.8 Å². The Kier molecular flexibility index (Phi) is 9.22. The number of carbonyl (C=O) groups excluding carboxylic acids is 1. The van der Waals surface area contributed by atoms with Gasteiger partial charge in [-0.15, -0.1) is 0 Å². The highest BCUT2D eigenvalue weighted by Crippen LogP contribution is 2.13. The van der Waals surface area contributed by atoms with Crippen molar-refractivity contribution < 1.29 is 19.4 Å². The van der Waals surface area contributed by atoms with Gasteiger partial charge in [-0.05, 0) is 24.8 Å². The first-order chi connectivity index (χ1) is 8.45. The van der Waals surface area contributed by atoms with E-state index in [-0.39, 0.29) is 25.0 Å². The molecular formula is C12H24N2O4. The average Bonchev–Trinajstić information content (AvgIpc) is 2.26. The molecule has 0 bridgehead atoms. The average molecular weight is 260 g/mol. The Morgan fingerprint density at radius 2 is 2.06 bits per heavy atom. The lowest BCUT2D eigenvalue weighted by Gasteiger charge is -2.16. The molecule has 0 saturated heterocycles. The third kappa shape index (κ3) is 10.0. The lowest BCUT2D eigenvalue weighted by atomic mass is 9.94. The molecule has 0 aliphatic heterocycles. The van der Waals surface area contributed by atoms with E-state index in [0.29, 0.717) is 25.4 Å². The van der Waals surface area contributed by atoms with Crippen LogP contribution >= 0.6 is 0 Å². The van der Waals surface area contributed by atoms with Crippen molar-refractivity contribution in [1.29, 1.82) is 0 Å². The zero-order chi connectivity index (χ0) is 14.0. The van der Waals surface area contributed by atoms with Crippen LogP contribution in [0.3, 0.4) is 0 Å². The molecule has 0 rings (SSSR count). The standard InChI is InChI=1S/C12H24N2O4/c1-9(2)5-10(7-13)6-11(15)14-3-4-18-8-12(16)17/h9-10H,3-8,13H2,1-2H3,(H,14,15)(H,16,17). The summed E-state index contributed by atoms with van der Waals surface area (Å²) < 4.78 is 4.80. The first-order valence-electron chi connectivity index (χ1n) is 6.22. The van der Waals surface area contributed by atoms with Gasteiger partial charge < -0.3 is 20.9 Å². The first-order valence-corrected chi connectivity index (χ1v) is 6.22. The summed E-state index contributed by atoms with van der Waals surface area (Å²) in [6.07, 6.45) is 1.34. The van der Waals surface area contributed by atoms with Crippen molar-refractivity contribution in [2.45, 2.75) is 26.7 Å². The third-order valence-corrected chi connectivity index (χ3v) is 2.41. The van der Waals surface area contributed by atoms with Gasteiger partial charge in [0.15, 0.2) is 0 Å². The molecule has 0 spiro atoms. The van der Waals surface area contributed by atoms with Gasteiger partial charge in [0.05, 0.1) is 6.61 Å². The minimum atomic E-state index is -1.01. The molecule has 0 aliphatic carbocycles. The zero-order valence-electron chi connectivity index (χ0n) is 11.1. The minimum absolute atomic E-state index is 0.0648. The number of carbonyl (C=O) groups is 2. The number of carboxylic acid groups (broad SMARTS) is 1. The van der Waals surface area contributed by atoms with Crippen LogP contribution in [-0.4, -0.2) is 43.3 Å². The molecule has 1 atom stereocenters. The quantitative estimate of drug-likeness (QED) is 0.487. The number of ether oxygens (including phenoxy) is 1. The van der Waals surface area contributed by atoms with Crippen LogP contribution < -0.4 is 11.1 Å². The molecule has 1 unspecified atom stereocenters. The summed E-state index contributed by atoms with van der Waals surface area (Å²) in [4.78, 5) is 21.7. The van der Waals surface area contributed by atoms with Gasteiger partial charge in [0.25, 0.3) is 0 Å². The summed E-state index contributed by atoms with van der Waals surface area (Å²) in [5.74, 6) is -0.360. The molecule has 0 radical (unpaired) electrons. The third-order valence-electron chi connectivity index (χ3n) is 2.41. The second-order valence-corrected chi connectivity index (χ2v) is 4.73. The van der Waals surface area contributed by atoms with Crippen LogP contribution in [0.15, 0.2) is 0 Å². The highest BCUT2D eigenvalue weighted by Gasteiger charge is 2.13. The number of nitrogens with two attached hydrogens (primary N) is 1. The van der Waals surface area contributed by atoms with Crippen LogP contribution in [0.2, 0.25) is 0 Å². The summed E-state index contributed by atoms with van der Waals surface area (Å²) in [6, 6.07) is 0. The molecule has 0 saturated carbocycles. The number of carboxylic acids is 1. The normalized spacial score (nSPS) is 12.4. The lowest BCUT2D eigenvalue weighted by Crippen LogP contribution is -2.31. The van der Waals surface area contributed by atoms with Crippen LogP contribution in [0.5, 0.6) is 0 Å². The van der Waals surface area contributed by atoms with E-state index in [2.05, 4.69) is 19.2 Å². The fourth-order valence-corrected chi connectivity index (χ4v) is 1.69. The van der Waals surface area contributed by atoms with Gasteiger partial charge in [-0.25, -0.2) is 4.79 Å². The van der Waals surface area contributed by atoms with E-state index in [1.807, 2.05) is 0 Å². The Balaban J connectivity index is 3.65. The van der Waals surface area contributed by atoms with Crippen LogP contribution in [0.25, 0.3) is 0 Å². The highest BCUT2D eigenvalue weighted by atomic mass is 16.5. The maximum atomic E-state index is 11.6. The Bertz CT molecular complexity index is 256. The van der Waals surface area contributed by atoms with Gasteiger partial charge in [0.1, 0.15) is 6.61 Å². The van der Waals surface area contributed by atoms with E-state index in [4.69, 9.17) is 15.6 Å². The molecule has 0 heterocycles. The Hall–Kier alpha value is -1.14. The number of nitrogens with one attached hydrogen (secondary N) is 1. The van der Waals surface area contributed by atoms with Gasteiger partial charge in [-0.1, -0.05) is 13.8 Å². The first kappa shape index (κ1) is 16.9.